The third-order valence-electron chi connectivity index (χ3n) is 1.04. The van der Waals surface area contributed by atoms with Gasteiger partial charge in [0.25, 0.3) is 0 Å². The first-order valence-corrected chi connectivity index (χ1v) is 3.03. The predicted octanol–water partition coefficient (Wildman–Crippen LogP) is 2.29. The van der Waals surface area contributed by atoms with Crippen molar-refractivity contribution in [3.63, 3.8) is 0 Å². The molecule has 0 unspecified atom stereocenters. The molecule has 0 fully saturated rings. The second-order valence-electron chi connectivity index (χ2n) is 1.69. The van der Waals surface area contributed by atoms with Crippen molar-refractivity contribution >= 4 is 11.6 Å². The van der Waals surface area contributed by atoms with Crippen molar-refractivity contribution in [2.45, 2.75) is 0 Å². The Kier molecular flexibility index (Phi) is 2.12. The third kappa shape index (κ3) is 1.39. The summed E-state index contributed by atoms with van der Waals surface area (Å²) < 4.78 is 17.2. The van der Waals surface area contributed by atoms with Crippen molar-refractivity contribution in [1.29, 1.82) is 0 Å². The molecule has 0 amide bonds. The van der Waals surface area contributed by atoms with Crippen LogP contribution in [0.3, 0.4) is 0 Å². The molecule has 1 rings (SSSR count). The highest BCUT2D eigenvalue weighted by molar-refractivity contribution is 6.30. The zero-order chi connectivity index (χ0) is 7.56. The third-order valence-corrected chi connectivity index (χ3v) is 1.32. The summed E-state index contributed by atoms with van der Waals surface area (Å²) in [7, 11) is 1.47. The normalized spacial score (nSPS) is 9.50. The van der Waals surface area contributed by atoms with Crippen molar-refractivity contribution in [2.75, 3.05) is 7.11 Å². The van der Waals surface area contributed by atoms with Gasteiger partial charge >= 0.3 is 0 Å². The first kappa shape index (κ1) is 7.35. The Bertz CT molecular complexity index is 237. The molecule has 0 aliphatic carbocycles. The first-order valence-electron chi connectivity index (χ1n) is 2.65. The zero-order valence-corrected chi connectivity index (χ0v) is 6.07. The van der Waals surface area contributed by atoms with Crippen LogP contribution in [0.15, 0.2) is 12.1 Å². The highest BCUT2D eigenvalue weighted by atomic mass is 35.5. The van der Waals surface area contributed by atoms with Gasteiger partial charge in [0, 0.05) is 0 Å². The van der Waals surface area contributed by atoms with Crippen molar-refractivity contribution in [1.82, 2.24) is 0 Å². The number of benzene rings is 1. The fourth-order valence-electron chi connectivity index (χ4n) is 0.551. The van der Waals surface area contributed by atoms with E-state index < -0.39 is 5.82 Å². The molecule has 1 radical (unpaired) electrons. The number of rotatable bonds is 1. The fourth-order valence-corrected chi connectivity index (χ4v) is 0.707. The molecule has 0 aromatic heterocycles. The molecule has 0 atom stereocenters. The van der Waals surface area contributed by atoms with Gasteiger partial charge in [-0.2, -0.15) is 0 Å². The van der Waals surface area contributed by atoms with E-state index in [0.717, 1.165) is 0 Å². The van der Waals surface area contributed by atoms with Crippen LogP contribution in [0.5, 0.6) is 5.75 Å². The SMILES string of the molecule is COc1[c]c(Cl)c(F)cc1. The van der Waals surface area contributed by atoms with Gasteiger partial charge in [-0.3, -0.25) is 0 Å². The minimum atomic E-state index is -0.484. The molecule has 53 valence electrons. The fraction of sp³-hybridized carbons (Fsp3) is 0.143. The van der Waals surface area contributed by atoms with E-state index in [0.29, 0.717) is 5.75 Å². The van der Waals surface area contributed by atoms with Crippen LogP contribution < -0.4 is 4.74 Å². The molecule has 0 heterocycles. The molecule has 0 saturated heterocycles. The highest BCUT2D eigenvalue weighted by Gasteiger charge is 1.99. The Balaban J connectivity index is 3.04. The predicted molar refractivity (Wildman–Crippen MR) is 36.8 cm³/mol. The average molecular weight is 160 g/mol. The number of hydrogen-bond donors (Lipinski definition) is 0. The molecule has 3 heteroatoms. The Morgan fingerprint density at radius 3 is 2.80 bits per heavy atom. The van der Waals surface area contributed by atoms with Gasteiger partial charge in [0.05, 0.1) is 18.2 Å². The first-order chi connectivity index (χ1) is 4.74. The Labute approximate surface area is 63.4 Å². The van der Waals surface area contributed by atoms with Crippen LogP contribution in [0.1, 0.15) is 0 Å². The highest BCUT2D eigenvalue weighted by Crippen LogP contribution is 2.19. The summed E-state index contributed by atoms with van der Waals surface area (Å²) in [4.78, 5) is 0. The lowest BCUT2D eigenvalue weighted by Gasteiger charge is -1.97. The van der Waals surface area contributed by atoms with Crippen LogP contribution in [0, 0.1) is 11.9 Å². The minimum absolute atomic E-state index is 0.0423. The standard InChI is InChI=1S/C7H5ClFO/c1-10-5-2-3-7(9)6(8)4-5/h2-3H,1H3. The molecular weight excluding hydrogens is 155 g/mol. The maximum absolute atomic E-state index is 12.4. The second-order valence-corrected chi connectivity index (χ2v) is 2.07. The van der Waals surface area contributed by atoms with Gasteiger partial charge < -0.3 is 4.74 Å². The summed E-state index contributed by atoms with van der Waals surface area (Å²) in [5, 5.41) is -0.0423. The number of halogens is 2. The van der Waals surface area contributed by atoms with Crippen LogP contribution in [-0.4, -0.2) is 7.11 Å². The Morgan fingerprint density at radius 2 is 2.30 bits per heavy atom. The summed E-state index contributed by atoms with van der Waals surface area (Å²) in [6.45, 7) is 0. The summed E-state index contributed by atoms with van der Waals surface area (Å²) in [5.74, 6) is -0.0473. The van der Waals surface area contributed by atoms with Crippen LogP contribution >= 0.6 is 11.6 Å². The number of ether oxygens (including phenoxy) is 1. The molecule has 0 aliphatic heterocycles. The number of methoxy groups -OCH3 is 1. The molecular formula is C7H5ClFO. The molecule has 10 heavy (non-hydrogen) atoms. The lowest BCUT2D eigenvalue weighted by atomic mass is 10.3. The lowest BCUT2D eigenvalue weighted by Crippen LogP contribution is -1.83. The van der Waals surface area contributed by atoms with Crippen molar-refractivity contribution in [2.24, 2.45) is 0 Å². The maximum Gasteiger partial charge on any atom is 0.142 e. The van der Waals surface area contributed by atoms with Gasteiger partial charge in [-0.05, 0) is 12.1 Å². The molecule has 0 N–H and O–H groups in total. The summed E-state index contributed by atoms with van der Waals surface area (Å²) >= 11 is 5.38. The van der Waals surface area contributed by atoms with E-state index in [1.807, 2.05) is 0 Å². The van der Waals surface area contributed by atoms with E-state index in [-0.39, 0.29) is 5.02 Å². The van der Waals surface area contributed by atoms with Crippen LogP contribution in [-0.2, 0) is 0 Å². The van der Waals surface area contributed by atoms with Crippen molar-refractivity contribution in [3.05, 3.63) is 29.0 Å². The maximum atomic E-state index is 12.4. The minimum Gasteiger partial charge on any atom is -0.496 e. The van der Waals surface area contributed by atoms with E-state index in [2.05, 4.69) is 6.07 Å². The van der Waals surface area contributed by atoms with Gasteiger partial charge in [-0.25, -0.2) is 4.39 Å². The van der Waals surface area contributed by atoms with E-state index in [1.165, 1.54) is 19.2 Å². The largest absolute Gasteiger partial charge is 0.496 e. The Morgan fingerprint density at radius 1 is 1.60 bits per heavy atom. The second kappa shape index (κ2) is 2.88. The van der Waals surface area contributed by atoms with Gasteiger partial charge in [0.15, 0.2) is 0 Å². The monoisotopic (exact) mass is 159 g/mol. The van der Waals surface area contributed by atoms with Crippen molar-refractivity contribution < 1.29 is 9.13 Å². The quantitative estimate of drug-likeness (QED) is 0.611. The molecule has 0 bridgehead atoms. The summed E-state index contributed by atoms with van der Waals surface area (Å²) in [6, 6.07) is 5.19. The smallest absolute Gasteiger partial charge is 0.142 e. The molecule has 0 aliphatic rings. The summed E-state index contributed by atoms with van der Waals surface area (Å²) in [5.41, 5.74) is 0. The van der Waals surface area contributed by atoms with E-state index in [9.17, 15) is 4.39 Å². The van der Waals surface area contributed by atoms with Crippen molar-refractivity contribution in [3.8, 4) is 5.75 Å². The van der Waals surface area contributed by atoms with E-state index in [4.69, 9.17) is 16.3 Å². The van der Waals surface area contributed by atoms with Gasteiger partial charge in [-0.15, -0.1) is 0 Å². The van der Waals surface area contributed by atoms with Gasteiger partial charge in [0.2, 0.25) is 0 Å². The Hall–Kier alpha value is -0.760. The van der Waals surface area contributed by atoms with E-state index in [1.54, 1.807) is 0 Å². The van der Waals surface area contributed by atoms with Crippen LogP contribution in [0.25, 0.3) is 0 Å². The van der Waals surface area contributed by atoms with Gasteiger partial charge in [-0.1, -0.05) is 11.6 Å². The van der Waals surface area contributed by atoms with Crippen LogP contribution in [0.4, 0.5) is 4.39 Å². The molecule has 0 spiro atoms. The molecule has 1 aromatic carbocycles. The zero-order valence-electron chi connectivity index (χ0n) is 5.32. The number of hydrogen-bond acceptors (Lipinski definition) is 1. The molecule has 1 aromatic rings. The molecule has 0 saturated carbocycles. The van der Waals surface area contributed by atoms with Gasteiger partial charge in [0.1, 0.15) is 11.6 Å². The average Bonchev–Trinajstić information content (AvgIpc) is 1.95. The van der Waals surface area contributed by atoms with Crippen LogP contribution in [0.2, 0.25) is 5.02 Å². The molecule has 1 nitrogen and oxygen atoms in total. The summed E-state index contributed by atoms with van der Waals surface area (Å²) in [6.07, 6.45) is 0. The topological polar surface area (TPSA) is 9.23 Å². The lowest BCUT2D eigenvalue weighted by molar-refractivity contribution is 0.413. The van der Waals surface area contributed by atoms with E-state index >= 15 is 0 Å².